The van der Waals surface area contributed by atoms with Crippen molar-refractivity contribution in [2.24, 2.45) is 0 Å². The highest BCUT2D eigenvalue weighted by atomic mass is 127. The van der Waals surface area contributed by atoms with Gasteiger partial charge in [0.15, 0.2) is 0 Å². The number of nitrogens with zero attached hydrogens (tertiary/aromatic N) is 6. The summed E-state index contributed by atoms with van der Waals surface area (Å²) in [5, 5.41) is 4.55. The molecule has 0 N–H and O–H groups in total. The Morgan fingerprint density at radius 2 is 1.89 bits per heavy atom. The zero-order valence-electron chi connectivity index (χ0n) is 21.6. The maximum absolute atomic E-state index is 15.2. The smallest absolute Gasteiger partial charge is 0.261 e. The standard InChI is InChI=1S/C27H30FIN6O2/c1-17-10-22(28)21(26(36)32(5)23-15-35(27(2,3)4)31-25(23)29)13-20(17)18-11-19-14-30-16-34(19)24(12-18)33-6-8-37-9-7-33/h10-16H,6-9H2,1-5H3. The molecule has 1 aliphatic heterocycles. The summed E-state index contributed by atoms with van der Waals surface area (Å²) < 4.78 is 25.3. The van der Waals surface area contributed by atoms with Gasteiger partial charge in [-0.2, -0.15) is 5.10 Å². The van der Waals surface area contributed by atoms with Gasteiger partial charge in [0, 0.05) is 20.1 Å². The van der Waals surface area contributed by atoms with Crippen LogP contribution in [-0.4, -0.2) is 58.4 Å². The fourth-order valence-corrected chi connectivity index (χ4v) is 5.29. The number of amides is 1. The van der Waals surface area contributed by atoms with Crippen molar-refractivity contribution in [1.82, 2.24) is 19.2 Å². The molecule has 4 aromatic rings. The van der Waals surface area contributed by atoms with Crippen molar-refractivity contribution in [2.45, 2.75) is 33.2 Å². The van der Waals surface area contributed by atoms with Crippen LogP contribution in [0.5, 0.6) is 0 Å². The molecule has 3 aromatic heterocycles. The summed E-state index contributed by atoms with van der Waals surface area (Å²) in [4.78, 5) is 21.6. The molecule has 0 radical (unpaired) electrons. The SMILES string of the molecule is Cc1cc(F)c(C(=O)N(C)c2cn(C(C)(C)C)nc2I)cc1-c1cc(N2CCOCC2)n2cncc2c1. The number of carbonyl (C=O) groups is 1. The van der Waals surface area contributed by atoms with Gasteiger partial charge in [-0.25, -0.2) is 9.37 Å². The van der Waals surface area contributed by atoms with Crippen molar-refractivity contribution in [3.8, 4) is 11.1 Å². The first-order valence-electron chi connectivity index (χ1n) is 12.2. The van der Waals surface area contributed by atoms with Crippen LogP contribution in [0.2, 0.25) is 0 Å². The van der Waals surface area contributed by atoms with Gasteiger partial charge in [0.1, 0.15) is 21.7 Å². The number of fused-ring (bicyclic) bond motifs is 1. The third kappa shape index (κ3) is 4.84. The van der Waals surface area contributed by atoms with Crippen molar-refractivity contribution in [3.05, 3.63) is 63.6 Å². The lowest BCUT2D eigenvalue weighted by Crippen LogP contribution is -2.37. The van der Waals surface area contributed by atoms with Crippen LogP contribution in [-0.2, 0) is 10.3 Å². The van der Waals surface area contributed by atoms with E-state index in [-0.39, 0.29) is 11.1 Å². The molecule has 8 nitrogen and oxygen atoms in total. The Morgan fingerprint density at radius 1 is 1.16 bits per heavy atom. The summed E-state index contributed by atoms with van der Waals surface area (Å²) in [5.74, 6) is 0.0188. The number of anilines is 2. The molecule has 4 heterocycles. The predicted octanol–water partition coefficient (Wildman–Crippen LogP) is 5.12. The second-order valence-corrected chi connectivity index (χ2v) is 11.3. The average Bonchev–Trinajstić information content (AvgIpc) is 3.49. The van der Waals surface area contributed by atoms with E-state index in [1.54, 1.807) is 25.6 Å². The van der Waals surface area contributed by atoms with E-state index < -0.39 is 11.7 Å². The molecule has 5 rings (SSSR count). The Labute approximate surface area is 229 Å². The van der Waals surface area contributed by atoms with Crippen LogP contribution in [0.3, 0.4) is 0 Å². The van der Waals surface area contributed by atoms with E-state index in [4.69, 9.17) is 4.74 Å². The number of hydrogen-bond acceptors (Lipinski definition) is 5. The number of aryl methyl sites for hydroxylation is 1. The summed E-state index contributed by atoms with van der Waals surface area (Å²) in [7, 11) is 1.66. The lowest BCUT2D eigenvalue weighted by atomic mass is 9.97. The molecule has 0 aliphatic carbocycles. The molecule has 0 atom stereocenters. The van der Waals surface area contributed by atoms with Crippen LogP contribution in [0.1, 0.15) is 36.7 Å². The van der Waals surface area contributed by atoms with Crippen LogP contribution >= 0.6 is 22.6 Å². The van der Waals surface area contributed by atoms with Crippen molar-refractivity contribution in [3.63, 3.8) is 0 Å². The molecule has 0 bridgehead atoms. The van der Waals surface area contributed by atoms with E-state index >= 15 is 4.39 Å². The minimum atomic E-state index is -0.546. The Bertz CT molecular complexity index is 1480. The van der Waals surface area contributed by atoms with E-state index in [0.717, 1.165) is 41.1 Å². The average molecular weight is 616 g/mol. The summed E-state index contributed by atoms with van der Waals surface area (Å²) in [5.41, 5.74) is 3.80. The van der Waals surface area contributed by atoms with Gasteiger partial charge in [0.05, 0.1) is 47.9 Å². The van der Waals surface area contributed by atoms with Crippen LogP contribution in [0, 0.1) is 16.4 Å². The number of rotatable bonds is 4. The van der Waals surface area contributed by atoms with Crippen molar-refractivity contribution >= 4 is 45.5 Å². The minimum Gasteiger partial charge on any atom is -0.378 e. The Hall–Kier alpha value is -2.99. The third-order valence-electron chi connectivity index (χ3n) is 6.70. The molecular weight excluding hydrogens is 586 g/mol. The molecule has 0 spiro atoms. The van der Waals surface area contributed by atoms with Gasteiger partial charge in [-0.1, -0.05) is 0 Å². The molecule has 0 unspecified atom stereocenters. The highest BCUT2D eigenvalue weighted by molar-refractivity contribution is 14.1. The monoisotopic (exact) mass is 616 g/mol. The normalized spacial score (nSPS) is 14.4. The van der Waals surface area contributed by atoms with Gasteiger partial charge in [-0.15, -0.1) is 0 Å². The van der Waals surface area contributed by atoms with Crippen LogP contribution in [0.15, 0.2) is 43.0 Å². The van der Waals surface area contributed by atoms with Crippen molar-refractivity contribution in [1.29, 1.82) is 0 Å². The number of hydrogen-bond donors (Lipinski definition) is 0. The highest BCUT2D eigenvalue weighted by Gasteiger charge is 2.25. The molecule has 10 heteroatoms. The molecule has 1 saturated heterocycles. The zero-order chi connectivity index (χ0) is 26.5. The lowest BCUT2D eigenvalue weighted by Gasteiger charge is -2.30. The Kier molecular flexibility index (Phi) is 6.73. The molecule has 0 saturated carbocycles. The molecule has 1 fully saturated rings. The summed E-state index contributed by atoms with van der Waals surface area (Å²) in [6.45, 7) is 10.8. The van der Waals surface area contributed by atoms with E-state index in [0.29, 0.717) is 22.6 Å². The Morgan fingerprint density at radius 3 is 2.57 bits per heavy atom. The third-order valence-corrected chi connectivity index (χ3v) is 7.47. The topological polar surface area (TPSA) is 67.9 Å². The molecular formula is C27H30FIN6O2. The number of halogens is 2. The molecule has 37 heavy (non-hydrogen) atoms. The number of imidazole rings is 1. The summed E-state index contributed by atoms with van der Waals surface area (Å²) >= 11 is 2.11. The predicted molar refractivity (Wildman–Crippen MR) is 151 cm³/mol. The quantitative estimate of drug-likeness (QED) is 0.298. The van der Waals surface area contributed by atoms with Crippen LogP contribution < -0.4 is 9.80 Å². The minimum absolute atomic E-state index is 0.0173. The van der Waals surface area contributed by atoms with E-state index in [1.807, 2.05) is 49.0 Å². The van der Waals surface area contributed by atoms with Crippen molar-refractivity contribution in [2.75, 3.05) is 43.2 Å². The first-order valence-corrected chi connectivity index (χ1v) is 13.3. The molecule has 1 aliphatic rings. The van der Waals surface area contributed by atoms with Gasteiger partial charge >= 0.3 is 0 Å². The Balaban J connectivity index is 1.56. The van der Waals surface area contributed by atoms with Gasteiger partial charge in [0.25, 0.3) is 5.91 Å². The number of aromatic nitrogens is 4. The van der Waals surface area contributed by atoms with E-state index in [2.05, 4.69) is 43.6 Å². The zero-order valence-corrected chi connectivity index (χ0v) is 23.8. The lowest BCUT2D eigenvalue weighted by molar-refractivity contribution is 0.0989. The van der Waals surface area contributed by atoms with Crippen LogP contribution in [0.4, 0.5) is 15.9 Å². The maximum atomic E-state index is 15.2. The van der Waals surface area contributed by atoms with E-state index in [9.17, 15) is 4.79 Å². The number of pyridine rings is 1. The second-order valence-electron chi connectivity index (χ2n) is 10.3. The number of ether oxygens (including phenoxy) is 1. The van der Waals surface area contributed by atoms with Gasteiger partial charge < -0.3 is 14.5 Å². The summed E-state index contributed by atoms with van der Waals surface area (Å²) in [6.07, 6.45) is 5.43. The summed E-state index contributed by atoms with van der Waals surface area (Å²) in [6, 6.07) is 7.20. The number of carbonyl (C=O) groups excluding carboxylic acids is 1. The maximum Gasteiger partial charge on any atom is 0.261 e. The van der Waals surface area contributed by atoms with Crippen LogP contribution in [0.25, 0.3) is 16.6 Å². The van der Waals surface area contributed by atoms with Gasteiger partial charge in [-0.05, 0) is 91.2 Å². The number of benzene rings is 1. The van der Waals surface area contributed by atoms with Gasteiger partial charge in [-0.3, -0.25) is 13.9 Å². The fraction of sp³-hybridized carbons (Fsp3) is 0.370. The molecule has 1 aromatic carbocycles. The van der Waals surface area contributed by atoms with E-state index in [1.165, 1.54) is 11.0 Å². The molecule has 1 amide bonds. The first-order chi connectivity index (χ1) is 17.5. The highest BCUT2D eigenvalue weighted by Crippen LogP contribution is 2.33. The number of morpholine rings is 1. The first kappa shape index (κ1) is 25.7. The fourth-order valence-electron chi connectivity index (χ4n) is 4.55. The largest absolute Gasteiger partial charge is 0.378 e. The second kappa shape index (κ2) is 9.71. The van der Waals surface area contributed by atoms with Crippen molar-refractivity contribution < 1.29 is 13.9 Å². The molecule has 194 valence electrons. The van der Waals surface area contributed by atoms with Gasteiger partial charge in [0.2, 0.25) is 0 Å².